The van der Waals surface area contributed by atoms with Gasteiger partial charge in [-0.3, -0.25) is 4.90 Å². The van der Waals surface area contributed by atoms with Crippen LogP contribution in [0, 0.1) is 17.8 Å². The summed E-state index contributed by atoms with van der Waals surface area (Å²) in [5, 5.41) is 3.75. The van der Waals surface area contributed by atoms with Crippen LogP contribution in [0.25, 0.3) is 0 Å². The second kappa shape index (κ2) is 6.13. The Labute approximate surface area is 119 Å². The van der Waals surface area contributed by atoms with Crippen LogP contribution in [0.4, 0.5) is 0 Å². The van der Waals surface area contributed by atoms with Crippen molar-refractivity contribution < 1.29 is 0 Å². The molecule has 0 spiro atoms. The molecule has 110 valence electrons. The molecule has 3 rings (SSSR count). The molecular weight excluding hydrogens is 232 g/mol. The van der Waals surface area contributed by atoms with Crippen LogP contribution in [0.3, 0.4) is 0 Å². The SMILES string of the molecule is CC(C)C1CCCC(N2CC3CCCNC3C2)CC1. The number of piperidine rings is 1. The molecule has 2 heterocycles. The fourth-order valence-electron chi connectivity index (χ4n) is 4.72. The average molecular weight is 264 g/mol. The highest BCUT2D eigenvalue weighted by Gasteiger charge is 2.37. The molecule has 0 aromatic rings. The molecule has 0 aromatic heterocycles. The topological polar surface area (TPSA) is 15.3 Å². The number of rotatable bonds is 2. The quantitative estimate of drug-likeness (QED) is 0.770. The summed E-state index contributed by atoms with van der Waals surface area (Å²) in [5.74, 6) is 2.84. The van der Waals surface area contributed by atoms with Gasteiger partial charge in [0.1, 0.15) is 0 Å². The number of hydrogen-bond acceptors (Lipinski definition) is 2. The second-order valence-corrected chi connectivity index (χ2v) is 7.58. The molecule has 19 heavy (non-hydrogen) atoms. The summed E-state index contributed by atoms with van der Waals surface area (Å²) in [6.07, 6.45) is 10.2. The van der Waals surface area contributed by atoms with Crippen molar-refractivity contribution in [1.29, 1.82) is 0 Å². The van der Waals surface area contributed by atoms with Crippen LogP contribution in [0.1, 0.15) is 58.8 Å². The third kappa shape index (κ3) is 3.16. The molecule has 0 aromatic carbocycles. The van der Waals surface area contributed by atoms with Crippen LogP contribution in [0.15, 0.2) is 0 Å². The Balaban J connectivity index is 1.55. The molecule has 1 aliphatic carbocycles. The van der Waals surface area contributed by atoms with E-state index >= 15 is 0 Å². The highest BCUT2D eigenvalue weighted by molar-refractivity contribution is 4.94. The summed E-state index contributed by atoms with van der Waals surface area (Å²) in [6, 6.07) is 1.72. The van der Waals surface area contributed by atoms with Crippen molar-refractivity contribution in [2.24, 2.45) is 17.8 Å². The molecule has 2 nitrogen and oxygen atoms in total. The Morgan fingerprint density at radius 1 is 0.947 bits per heavy atom. The van der Waals surface area contributed by atoms with E-state index in [-0.39, 0.29) is 0 Å². The molecule has 1 saturated carbocycles. The molecule has 4 unspecified atom stereocenters. The molecule has 1 N–H and O–H groups in total. The fourth-order valence-corrected chi connectivity index (χ4v) is 4.72. The van der Waals surface area contributed by atoms with E-state index in [4.69, 9.17) is 0 Å². The van der Waals surface area contributed by atoms with Crippen LogP contribution in [-0.4, -0.2) is 36.6 Å². The highest BCUT2D eigenvalue weighted by Crippen LogP contribution is 2.34. The minimum atomic E-state index is 0.817. The first-order chi connectivity index (χ1) is 9.24. The summed E-state index contributed by atoms with van der Waals surface area (Å²) in [4.78, 5) is 2.84. The summed E-state index contributed by atoms with van der Waals surface area (Å²) in [6.45, 7) is 8.81. The Bertz CT molecular complexity index is 275. The number of nitrogens with zero attached hydrogens (tertiary/aromatic N) is 1. The van der Waals surface area contributed by atoms with Gasteiger partial charge in [0.15, 0.2) is 0 Å². The lowest BCUT2D eigenvalue weighted by molar-refractivity contribution is 0.208. The summed E-state index contributed by atoms with van der Waals surface area (Å²) in [5.41, 5.74) is 0. The summed E-state index contributed by atoms with van der Waals surface area (Å²) in [7, 11) is 0. The van der Waals surface area contributed by atoms with Crippen LogP contribution in [-0.2, 0) is 0 Å². The minimum absolute atomic E-state index is 0.817. The molecule has 0 radical (unpaired) electrons. The first-order valence-corrected chi connectivity index (χ1v) is 8.71. The maximum atomic E-state index is 3.75. The molecule has 2 saturated heterocycles. The van der Waals surface area contributed by atoms with E-state index in [9.17, 15) is 0 Å². The monoisotopic (exact) mass is 264 g/mol. The van der Waals surface area contributed by atoms with Gasteiger partial charge in [0.25, 0.3) is 0 Å². The van der Waals surface area contributed by atoms with Crippen LogP contribution in [0.5, 0.6) is 0 Å². The zero-order chi connectivity index (χ0) is 13.2. The summed E-state index contributed by atoms with van der Waals surface area (Å²) < 4.78 is 0. The lowest BCUT2D eigenvalue weighted by atomic mass is 9.89. The Morgan fingerprint density at radius 2 is 1.84 bits per heavy atom. The van der Waals surface area contributed by atoms with Crippen LogP contribution >= 0.6 is 0 Å². The third-order valence-electron chi connectivity index (χ3n) is 6.07. The first kappa shape index (κ1) is 13.9. The van der Waals surface area contributed by atoms with Crippen molar-refractivity contribution in [3.05, 3.63) is 0 Å². The van der Waals surface area contributed by atoms with Gasteiger partial charge in [-0.15, -0.1) is 0 Å². The van der Waals surface area contributed by atoms with Gasteiger partial charge in [0.2, 0.25) is 0 Å². The zero-order valence-electron chi connectivity index (χ0n) is 12.9. The molecule has 0 bridgehead atoms. The molecule has 0 amide bonds. The maximum Gasteiger partial charge on any atom is 0.0235 e. The Hall–Kier alpha value is -0.0800. The normalized spacial score (nSPS) is 41.2. The minimum Gasteiger partial charge on any atom is -0.312 e. The van der Waals surface area contributed by atoms with E-state index in [0.29, 0.717) is 0 Å². The van der Waals surface area contributed by atoms with Crippen molar-refractivity contribution in [3.8, 4) is 0 Å². The van der Waals surface area contributed by atoms with Crippen molar-refractivity contribution in [2.75, 3.05) is 19.6 Å². The van der Waals surface area contributed by atoms with Gasteiger partial charge in [0, 0.05) is 25.2 Å². The molecule has 2 aliphatic heterocycles. The molecule has 4 atom stereocenters. The van der Waals surface area contributed by atoms with Crippen molar-refractivity contribution in [1.82, 2.24) is 10.2 Å². The fraction of sp³-hybridized carbons (Fsp3) is 1.00. The Kier molecular flexibility index (Phi) is 4.48. The number of nitrogens with one attached hydrogen (secondary N) is 1. The number of fused-ring (bicyclic) bond motifs is 1. The van der Waals surface area contributed by atoms with E-state index < -0.39 is 0 Å². The molecule has 2 heteroatoms. The van der Waals surface area contributed by atoms with E-state index in [1.165, 1.54) is 64.6 Å². The van der Waals surface area contributed by atoms with Gasteiger partial charge in [-0.05, 0) is 56.4 Å². The lowest BCUT2D eigenvalue weighted by Gasteiger charge is -2.27. The van der Waals surface area contributed by atoms with E-state index in [0.717, 1.165) is 29.8 Å². The second-order valence-electron chi connectivity index (χ2n) is 7.58. The highest BCUT2D eigenvalue weighted by atomic mass is 15.2. The van der Waals surface area contributed by atoms with E-state index in [2.05, 4.69) is 24.1 Å². The lowest BCUT2D eigenvalue weighted by Crippen LogP contribution is -2.41. The maximum absolute atomic E-state index is 3.75. The van der Waals surface area contributed by atoms with Crippen molar-refractivity contribution in [3.63, 3.8) is 0 Å². The van der Waals surface area contributed by atoms with Crippen molar-refractivity contribution in [2.45, 2.75) is 70.9 Å². The van der Waals surface area contributed by atoms with E-state index in [1.54, 1.807) is 0 Å². The molecule has 3 aliphatic rings. The molecule has 3 fully saturated rings. The van der Waals surface area contributed by atoms with Gasteiger partial charge in [-0.25, -0.2) is 0 Å². The zero-order valence-corrected chi connectivity index (χ0v) is 12.9. The van der Waals surface area contributed by atoms with Crippen LogP contribution < -0.4 is 5.32 Å². The third-order valence-corrected chi connectivity index (χ3v) is 6.07. The standard InChI is InChI=1S/C17H32N2/c1-13(2)14-5-3-7-16(9-8-14)19-11-15-6-4-10-18-17(15)12-19/h13-18H,3-12H2,1-2H3. The van der Waals surface area contributed by atoms with E-state index in [1.807, 2.05) is 0 Å². The first-order valence-electron chi connectivity index (χ1n) is 8.71. The summed E-state index contributed by atoms with van der Waals surface area (Å²) >= 11 is 0. The number of likely N-dealkylation sites (tertiary alicyclic amines) is 1. The van der Waals surface area contributed by atoms with Gasteiger partial charge in [-0.1, -0.05) is 26.7 Å². The van der Waals surface area contributed by atoms with Gasteiger partial charge < -0.3 is 5.32 Å². The smallest absolute Gasteiger partial charge is 0.0235 e. The van der Waals surface area contributed by atoms with Crippen LogP contribution in [0.2, 0.25) is 0 Å². The van der Waals surface area contributed by atoms with Gasteiger partial charge in [0.05, 0.1) is 0 Å². The predicted octanol–water partition coefficient (Wildman–Crippen LogP) is 3.28. The largest absolute Gasteiger partial charge is 0.312 e. The average Bonchev–Trinajstić information content (AvgIpc) is 2.67. The van der Waals surface area contributed by atoms with Crippen molar-refractivity contribution >= 4 is 0 Å². The van der Waals surface area contributed by atoms with Gasteiger partial charge in [-0.2, -0.15) is 0 Å². The van der Waals surface area contributed by atoms with Gasteiger partial charge >= 0.3 is 0 Å². The molecular formula is C17H32N2. The number of hydrogen-bond donors (Lipinski definition) is 1. The Morgan fingerprint density at radius 3 is 2.63 bits per heavy atom. The predicted molar refractivity (Wildman–Crippen MR) is 81.3 cm³/mol.